The van der Waals surface area contributed by atoms with Gasteiger partial charge in [-0.3, -0.25) is 14.5 Å². The first-order chi connectivity index (χ1) is 6.59. The van der Waals surface area contributed by atoms with E-state index in [9.17, 15) is 9.59 Å². The second-order valence-electron chi connectivity index (χ2n) is 3.21. The molecule has 80 valence electrons. The van der Waals surface area contributed by atoms with Crippen LogP contribution in [0.4, 0.5) is 0 Å². The standard InChI is InChI=1S/C8H13NO4S/c10-7(11)3-9(4-8(12)13)6-1-2-14-5-6/h6H,1-5H2,(H,10,11)(H,12,13). The summed E-state index contributed by atoms with van der Waals surface area (Å²) in [5, 5.41) is 17.2. The first kappa shape index (κ1) is 11.3. The molecule has 0 aromatic rings. The quantitative estimate of drug-likeness (QED) is 0.675. The van der Waals surface area contributed by atoms with Crippen LogP contribution in [0.15, 0.2) is 0 Å². The second kappa shape index (κ2) is 5.21. The van der Waals surface area contributed by atoms with Crippen LogP contribution in [0, 0.1) is 0 Å². The molecule has 0 saturated carbocycles. The summed E-state index contributed by atoms with van der Waals surface area (Å²) in [5.41, 5.74) is 0. The van der Waals surface area contributed by atoms with Crippen molar-refractivity contribution in [3.63, 3.8) is 0 Å². The smallest absolute Gasteiger partial charge is 0.317 e. The minimum absolute atomic E-state index is 0.104. The van der Waals surface area contributed by atoms with Gasteiger partial charge in [0.15, 0.2) is 0 Å². The van der Waals surface area contributed by atoms with Crippen molar-refractivity contribution in [3.8, 4) is 0 Å². The summed E-state index contributed by atoms with van der Waals surface area (Å²) in [6.07, 6.45) is 0.880. The molecule has 0 spiro atoms. The molecule has 1 heterocycles. The zero-order valence-corrected chi connectivity index (χ0v) is 8.50. The third-order valence-corrected chi connectivity index (χ3v) is 3.24. The number of carbonyl (C=O) groups is 2. The van der Waals surface area contributed by atoms with Crippen LogP contribution in [0.1, 0.15) is 6.42 Å². The van der Waals surface area contributed by atoms with E-state index in [0.717, 1.165) is 17.9 Å². The summed E-state index contributed by atoms with van der Waals surface area (Å²) in [5.74, 6) is -0.118. The lowest BCUT2D eigenvalue weighted by atomic mass is 10.2. The Hall–Kier alpha value is -0.750. The van der Waals surface area contributed by atoms with Crippen LogP contribution in [-0.4, -0.2) is 57.7 Å². The summed E-state index contributed by atoms with van der Waals surface area (Å²) < 4.78 is 0. The van der Waals surface area contributed by atoms with Crippen LogP contribution >= 0.6 is 11.8 Å². The third kappa shape index (κ3) is 3.55. The van der Waals surface area contributed by atoms with E-state index in [4.69, 9.17) is 10.2 Å². The van der Waals surface area contributed by atoms with Gasteiger partial charge in [-0.1, -0.05) is 0 Å². The van der Waals surface area contributed by atoms with Crippen LogP contribution in [0.5, 0.6) is 0 Å². The largest absolute Gasteiger partial charge is 0.480 e. The molecule has 0 radical (unpaired) electrons. The number of rotatable bonds is 5. The number of carboxylic acids is 2. The minimum Gasteiger partial charge on any atom is -0.480 e. The van der Waals surface area contributed by atoms with Crippen LogP contribution in [-0.2, 0) is 9.59 Å². The SMILES string of the molecule is O=C(O)CN(CC(=O)O)C1CCSC1. The second-order valence-corrected chi connectivity index (χ2v) is 4.36. The van der Waals surface area contributed by atoms with Crippen LogP contribution in [0.2, 0.25) is 0 Å². The monoisotopic (exact) mass is 219 g/mol. The van der Waals surface area contributed by atoms with Crippen LogP contribution in [0.25, 0.3) is 0 Å². The first-order valence-electron chi connectivity index (χ1n) is 4.35. The predicted molar refractivity (Wildman–Crippen MR) is 52.6 cm³/mol. The number of nitrogens with zero attached hydrogens (tertiary/aromatic N) is 1. The molecular weight excluding hydrogens is 206 g/mol. The average molecular weight is 219 g/mol. The highest BCUT2D eigenvalue weighted by molar-refractivity contribution is 7.99. The van der Waals surface area contributed by atoms with Crippen molar-refractivity contribution in [2.75, 3.05) is 24.6 Å². The fourth-order valence-electron chi connectivity index (χ4n) is 1.47. The van der Waals surface area contributed by atoms with Gasteiger partial charge in [0, 0.05) is 11.8 Å². The molecule has 2 N–H and O–H groups in total. The summed E-state index contributed by atoms with van der Waals surface area (Å²) in [7, 11) is 0. The van der Waals surface area contributed by atoms with Gasteiger partial charge >= 0.3 is 11.9 Å². The molecule has 1 aliphatic rings. The first-order valence-corrected chi connectivity index (χ1v) is 5.50. The molecule has 14 heavy (non-hydrogen) atoms. The van der Waals surface area contributed by atoms with Crippen molar-refractivity contribution in [3.05, 3.63) is 0 Å². The number of thioether (sulfide) groups is 1. The van der Waals surface area contributed by atoms with Crippen molar-refractivity contribution in [2.45, 2.75) is 12.5 Å². The molecule has 1 fully saturated rings. The predicted octanol–water partition coefficient (Wildman–Crippen LogP) is -0.0369. The zero-order chi connectivity index (χ0) is 10.6. The number of aliphatic carboxylic acids is 2. The molecule has 6 heteroatoms. The molecule has 1 saturated heterocycles. The fourth-order valence-corrected chi connectivity index (χ4v) is 2.73. The molecule has 1 aliphatic heterocycles. The van der Waals surface area contributed by atoms with Gasteiger partial charge in [0.1, 0.15) is 0 Å². The summed E-state index contributed by atoms with van der Waals surface area (Å²) >= 11 is 1.74. The lowest BCUT2D eigenvalue weighted by Crippen LogP contribution is -2.42. The van der Waals surface area contributed by atoms with E-state index in [1.165, 1.54) is 4.90 Å². The highest BCUT2D eigenvalue weighted by Crippen LogP contribution is 2.21. The van der Waals surface area contributed by atoms with Crippen LogP contribution in [0.3, 0.4) is 0 Å². The van der Waals surface area contributed by atoms with Gasteiger partial charge < -0.3 is 10.2 Å². The number of hydrogen-bond acceptors (Lipinski definition) is 4. The maximum atomic E-state index is 10.5. The van der Waals surface area contributed by atoms with Crippen LogP contribution < -0.4 is 0 Å². The number of hydrogen-bond donors (Lipinski definition) is 2. The fraction of sp³-hybridized carbons (Fsp3) is 0.750. The minimum atomic E-state index is -0.969. The maximum absolute atomic E-state index is 10.5. The summed E-state index contributed by atoms with van der Waals surface area (Å²) in [6, 6.07) is 0.104. The number of carboxylic acid groups (broad SMARTS) is 2. The lowest BCUT2D eigenvalue weighted by Gasteiger charge is -2.24. The molecular formula is C8H13NO4S. The Morgan fingerprint density at radius 3 is 2.21 bits per heavy atom. The zero-order valence-electron chi connectivity index (χ0n) is 7.68. The van der Waals surface area contributed by atoms with E-state index in [1.807, 2.05) is 0 Å². The average Bonchev–Trinajstić information content (AvgIpc) is 2.52. The highest BCUT2D eigenvalue weighted by atomic mass is 32.2. The molecule has 1 atom stereocenters. The third-order valence-electron chi connectivity index (χ3n) is 2.10. The molecule has 0 amide bonds. The van der Waals surface area contributed by atoms with E-state index >= 15 is 0 Å². The van der Waals surface area contributed by atoms with E-state index < -0.39 is 11.9 Å². The van der Waals surface area contributed by atoms with Gasteiger partial charge in [0.25, 0.3) is 0 Å². The van der Waals surface area contributed by atoms with E-state index in [0.29, 0.717) is 0 Å². The highest BCUT2D eigenvalue weighted by Gasteiger charge is 2.26. The van der Waals surface area contributed by atoms with Gasteiger partial charge in [0.05, 0.1) is 13.1 Å². The van der Waals surface area contributed by atoms with Gasteiger partial charge in [-0.05, 0) is 12.2 Å². The Morgan fingerprint density at radius 1 is 1.29 bits per heavy atom. The van der Waals surface area contributed by atoms with Crippen molar-refractivity contribution in [2.24, 2.45) is 0 Å². The molecule has 1 unspecified atom stereocenters. The summed E-state index contributed by atoms with van der Waals surface area (Å²) in [4.78, 5) is 22.5. The van der Waals surface area contributed by atoms with E-state index in [-0.39, 0.29) is 19.1 Å². The van der Waals surface area contributed by atoms with Crippen molar-refractivity contribution < 1.29 is 19.8 Å². The molecule has 0 aromatic carbocycles. The lowest BCUT2D eigenvalue weighted by molar-refractivity contribution is -0.142. The molecule has 1 rings (SSSR count). The normalized spacial score (nSPS) is 21.4. The van der Waals surface area contributed by atoms with Crippen molar-refractivity contribution >= 4 is 23.7 Å². The van der Waals surface area contributed by atoms with Gasteiger partial charge in [0.2, 0.25) is 0 Å². The Balaban J connectivity index is 2.50. The maximum Gasteiger partial charge on any atom is 0.317 e. The van der Waals surface area contributed by atoms with Gasteiger partial charge in [-0.15, -0.1) is 0 Å². The summed E-state index contributed by atoms with van der Waals surface area (Å²) in [6.45, 7) is -0.366. The topological polar surface area (TPSA) is 77.8 Å². The molecule has 5 nitrogen and oxygen atoms in total. The molecule has 0 aliphatic carbocycles. The Morgan fingerprint density at radius 2 is 1.86 bits per heavy atom. The van der Waals surface area contributed by atoms with Gasteiger partial charge in [-0.2, -0.15) is 11.8 Å². The van der Waals surface area contributed by atoms with Gasteiger partial charge in [-0.25, -0.2) is 0 Å². The molecule has 0 bridgehead atoms. The molecule has 0 aromatic heterocycles. The van der Waals surface area contributed by atoms with E-state index in [2.05, 4.69) is 0 Å². The van der Waals surface area contributed by atoms with Crippen molar-refractivity contribution in [1.82, 2.24) is 4.90 Å². The Bertz CT molecular complexity index is 211. The Kier molecular flexibility index (Phi) is 4.21. The van der Waals surface area contributed by atoms with E-state index in [1.54, 1.807) is 11.8 Å². The Labute approximate surface area is 86.1 Å². The van der Waals surface area contributed by atoms with Crippen molar-refractivity contribution in [1.29, 1.82) is 0 Å².